The third-order valence-corrected chi connectivity index (χ3v) is 1.59. The molecule has 0 aromatic carbocycles. The highest BCUT2D eigenvalue weighted by Gasteiger charge is 2.12. The Morgan fingerprint density at radius 1 is 1.67 bits per heavy atom. The van der Waals surface area contributed by atoms with Crippen LogP contribution in [0.3, 0.4) is 0 Å². The van der Waals surface area contributed by atoms with Crippen LogP contribution in [0.2, 0.25) is 0 Å². The molecule has 0 saturated carbocycles. The zero-order valence-corrected chi connectivity index (χ0v) is 5.68. The lowest BCUT2D eigenvalue weighted by Gasteiger charge is -2.12. The quantitative estimate of drug-likeness (QED) is 0.474. The Balaban J connectivity index is 2.50. The molecule has 1 aliphatic rings. The molecule has 9 heavy (non-hydrogen) atoms. The lowest BCUT2D eigenvalue weighted by atomic mass is 10.2. The van der Waals surface area contributed by atoms with E-state index in [0.29, 0.717) is 0 Å². The summed E-state index contributed by atoms with van der Waals surface area (Å²) in [5.41, 5.74) is 0. The first kappa shape index (κ1) is 6.49. The predicted molar refractivity (Wildman–Crippen MR) is 34.9 cm³/mol. The second-order valence-corrected chi connectivity index (χ2v) is 2.38. The van der Waals surface area contributed by atoms with Crippen LogP contribution in [-0.4, -0.2) is 12.5 Å². The molecule has 1 heterocycles. The van der Waals surface area contributed by atoms with E-state index in [-0.39, 0.29) is 5.91 Å². The van der Waals surface area contributed by atoms with Crippen molar-refractivity contribution in [3.63, 3.8) is 0 Å². The Kier molecular flexibility index (Phi) is 2.01. The zero-order chi connectivity index (χ0) is 6.69. The van der Waals surface area contributed by atoms with Gasteiger partial charge in [0.15, 0.2) is 0 Å². The van der Waals surface area contributed by atoms with Crippen LogP contribution in [0, 0.1) is 0 Å². The third kappa shape index (κ3) is 1.64. The van der Waals surface area contributed by atoms with Crippen LogP contribution in [0.15, 0.2) is 12.3 Å². The molecule has 0 aromatic rings. The Hall–Kier alpha value is -0.630. The van der Waals surface area contributed by atoms with E-state index < -0.39 is 0 Å². The van der Waals surface area contributed by atoms with E-state index in [0.717, 1.165) is 24.3 Å². The number of allylic oxidation sites excluding steroid dienone is 1. The average molecular weight is 126 g/mol. The minimum Gasteiger partial charge on any atom is -0.246 e. The van der Waals surface area contributed by atoms with Gasteiger partial charge in [0.2, 0.25) is 0 Å². The van der Waals surface area contributed by atoms with Crippen molar-refractivity contribution in [3.8, 4) is 0 Å². The highest BCUT2D eigenvalue weighted by molar-refractivity contribution is 5.63. The minimum atomic E-state index is 0.228. The number of carbonyl (C=O) groups excluding carboxylic acids is 1. The maximum Gasteiger partial charge on any atom is 0.313 e. The molecular formula is C7H12NO+. The lowest BCUT2D eigenvalue weighted by Crippen LogP contribution is -3.10. The van der Waals surface area contributed by atoms with Crippen molar-refractivity contribution in [2.24, 2.45) is 0 Å². The molecule has 1 amide bonds. The molecule has 50 valence electrons. The fourth-order valence-corrected chi connectivity index (χ4v) is 1.01. The highest BCUT2D eigenvalue weighted by atomic mass is 16.2. The summed E-state index contributed by atoms with van der Waals surface area (Å²) in [4.78, 5) is 11.7. The molecule has 0 radical (unpaired) electrons. The van der Waals surface area contributed by atoms with Crippen LogP contribution >= 0.6 is 0 Å². The number of amides is 1. The second kappa shape index (κ2) is 2.78. The Labute approximate surface area is 55.2 Å². The molecule has 0 aliphatic carbocycles. The maximum absolute atomic E-state index is 10.7. The summed E-state index contributed by atoms with van der Waals surface area (Å²) in [5.74, 6) is 0.228. The molecule has 0 spiro atoms. The monoisotopic (exact) mass is 126 g/mol. The van der Waals surface area contributed by atoms with Gasteiger partial charge in [-0.05, 0) is 12.5 Å². The highest BCUT2D eigenvalue weighted by Crippen LogP contribution is 1.89. The van der Waals surface area contributed by atoms with Crippen molar-refractivity contribution >= 4 is 5.91 Å². The smallest absolute Gasteiger partial charge is 0.246 e. The molecule has 0 fully saturated rings. The lowest BCUT2D eigenvalue weighted by molar-refractivity contribution is -0.765. The average Bonchev–Trinajstić information content (AvgIpc) is 1.90. The zero-order valence-electron chi connectivity index (χ0n) is 5.68. The summed E-state index contributed by atoms with van der Waals surface area (Å²) in [7, 11) is 0. The molecule has 0 bridgehead atoms. The van der Waals surface area contributed by atoms with E-state index in [1.807, 2.05) is 6.20 Å². The summed E-state index contributed by atoms with van der Waals surface area (Å²) in [5, 5.41) is 0. The number of quaternary nitrogens is 1. The molecule has 1 rings (SSSR count). The molecule has 2 heteroatoms. The number of nitrogens with one attached hydrogen (secondary N) is 1. The van der Waals surface area contributed by atoms with Gasteiger partial charge in [0.1, 0.15) is 0 Å². The minimum absolute atomic E-state index is 0.228. The van der Waals surface area contributed by atoms with Crippen molar-refractivity contribution < 1.29 is 9.69 Å². The van der Waals surface area contributed by atoms with Gasteiger partial charge in [0, 0.05) is 6.42 Å². The van der Waals surface area contributed by atoms with E-state index in [2.05, 4.69) is 6.08 Å². The Bertz CT molecular complexity index is 140. The normalized spacial score (nSPS) is 26.1. The number of hydrogen-bond donors (Lipinski definition) is 1. The molecular weight excluding hydrogens is 114 g/mol. The number of carbonyl (C=O) groups is 1. The summed E-state index contributed by atoms with van der Waals surface area (Å²) in [6.07, 6.45) is 6.30. The van der Waals surface area contributed by atoms with Gasteiger partial charge in [-0.1, -0.05) is 0 Å². The van der Waals surface area contributed by atoms with E-state index in [1.165, 1.54) is 0 Å². The van der Waals surface area contributed by atoms with Gasteiger partial charge in [-0.3, -0.25) is 0 Å². The first-order valence-corrected chi connectivity index (χ1v) is 3.34. The Morgan fingerprint density at radius 3 is 2.78 bits per heavy atom. The van der Waals surface area contributed by atoms with Crippen molar-refractivity contribution in [2.45, 2.75) is 19.8 Å². The SMILES string of the molecule is CC(=O)[NH+]1C=CCCC1. The van der Waals surface area contributed by atoms with Crippen LogP contribution in [-0.2, 0) is 4.79 Å². The molecule has 1 atom stereocenters. The first-order valence-electron chi connectivity index (χ1n) is 3.34. The van der Waals surface area contributed by atoms with Gasteiger partial charge in [0.25, 0.3) is 0 Å². The van der Waals surface area contributed by atoms with Crippen LogP contribution in [0.25, 0.3) is 0 Å². The molecule has 0 aromatic heterocycles. The predicted octanol–water partition coefficient (Wildman–Crippen LogP) is -0.275. The van der Waals surface area contributed by atoms with Crippen LogP contribution in [0.1, 0.15) is 19.8 Å². The molecule has 1 N–H and O–H groups in total. The fourth-order valence-electron chi connectivity index (χ4n) is 1.01. The standard InChI is InChI=1S/C7H11NO/c1-7(9)8-5-3-2-4-6-8/h3,5H,2,4,6H2,1H3/p+1. The first-order chi connectivity index (χ1) is 4.30. The molecule has 1 aliphatic heterocycles. The summed E-state index contributed by atoms with van der Waals surface area (Å²) >= 11 is 0. The van der Waals surface area contributed by atoms with E-state index in [4.69, 9.17) is 0 Å². The Morgan fingerprint density at radius 2 is 2.44 bits per heavy atom. The van der Waals surface area contributed by atoms with Gasteiger partial charge in [-0.15, -0.1) is 0 Å². The summed E-state index contributed by atoms with van der Waals surface area (Å²) in [6.45, 7) is 2.61. The third-order valence-electron chi connectivity index (χ3n) is 1.59. The van der Waals surface area contributed by atoms with Crippen molar-refractivity contribution in [3.05, 3.63) is 12.3 Å². The molecule has 1 unspecified atom stereocenters. The summed E-state index contributed by atoms with van der Waals surface area (Å²) in [6, 6.07) is 0. The van der Waals surface area contributed by atoms with Crippen molar-refractivity contribution in [2.75, 3.05) is 6.54 Å². The van der Waals surface area contributed by atoms with Crippen LogP contribution < -0.4 is 4.90 Å². The van der Waals surface area contributed by atoms with E-state index in [9.17, 15) is 4.79 Å². The fraction of sp³-hybridized carbons (Fsp3) is 0.571. The van der Waals surface area contributed by atoms with Gasteiger partial charge in [-0.25, -0.2) is 9.69 Å². The summed E-state index contributed by atoms with van der Waals surface area (Å²) < 4.78 is 0. The van der Waals surface area contributed by atoms with Gasteiger partial charge in [0.05, 0.1) is 19.7 Å². The number of hydrogen-bond acceptors (Lipinski definition) is 1. The van der Waals surface area contributed by atoms with Crippen molar-refractivity contribution in [1.29, 1.82) is 0 Å². The van der Waals surface area contributed by atoms with Gasteiger partial charge >= 0.3 is 5.91 Å². The van der Waals surface area contributed by atoms with Crippen molar-refractivity contribution in [1.82, 2.24) is 0 Å². The second-order valence-electron chi connectivity index (χ2n) is 2.38. The maximum atomic E-state index is 10.7. The topological polar surface area (TPSA) is 21.5 Å². The van der Waals surface area contributed by atoms with Gasteiger partial charge in [-0.2, -0.15) is 0 Å². The molecule has 0 saturated heterocycles. The van der Waals surface area contributed by atoms with Crippen LogP contribution in [0.5, 0.6) is 0 Å². The largest absolute Gasteiger partial charge is 0.313 e. The van der Waals surface area contributed by atoms with E-state index in [1.54, 1.807) is 6.92 Å². The van der Waals surface area contributed by atoms with Crippen LogP contribution in [0.4, 0.5) is 0 Å². The van der Waals surface area contributed by atoms with Gasteiger partial charge < -0.3 is 0 Å². The molecule has 2 nitrogen and oxygen atoms in total. The number of rotatable bonds is 0. The van der Waals surface area contributed by atoms with E-state index >= 15 is 0 Å².